The summed E-state index contributed by atoms with van der Waals surface area (Å²) in [5.74, 6) is -1.13. The molecule has 0 amide bonds. The minimum Gasteiger partial charge on any atom is -0.545 e. The van der Waals surface area contributed by atoms with Crippen LogP contribution in [-0.4, -0.2) is 25.5 Å². The van der Waals surface area contributed by atoms with Gasteiger partial charge in [-0.1, -0.05) is 30.3 Å². The molecule has 3 N–H and O–H groups in total. The van der Waals surface area contributed by atoms with Crippen LogP contribution in [0.5, 0.6) is 0 Å². The Hall–Kier alpha value is -2.40. The summed E-state index contributed by atoms with van der Waals surface area (Å²) in [6.45, 7) is 0. The van der Waals surface area contributed by atoms with Crippen LogP contribution in [0.2, 0.25) is 0 Å². The third kappa shape index (κ3) is 6.18. The molecule has 0 saturated carbocycles. The van der Waals surface area contributed by atoms with Gasteiger partial charge in [0.1, 0.15) is 0 Å². The maximum absolute atomic E-state index is 10.1. The van der Waals surface area contributed by atoms with Gasteiger partial charge in [-0.15, -0.1) is 0 Å². The zero-order chi connectivity index (χ0) is 13.4. The quantitative estimate of drug-likeness (QED) is 0.750. The van der Waals surface area contributed by atoms with Gasteiger partial charge >= 0.3 is 0 Å². The fraction of sp³-hybridized carbons (Fsp3) is 0.143. The van der Waals surface area contributed by atoms with E-state index in [-0.39, 0.29) is 11.0 Å². The Morgan fingerprint density at radius 2 is 1.58 bits per heavy atom. The van der Waals surface area contributed by atoms with Crippen molar-refractivity contribution in [1.82, 2.24) is 0 Å². The zero-order valence-corrected chi connectivity index (χ0v) is 11.0. The lowest BCUT2D eigenvalue weighted by Crippen LogP contribution is -2.21. The molecule has 1 heterocycles. The van der Waals surface area contributed by atoms with E-state index in [1.165, 1.54) is 17.8 Å². The van der Waals surface area contributed by atoms with Crippen molar-refractivity contribution in [3.8, 4) is 0 Å². The van der Waals surface area contributed by atoms with Crippen molar-refractivity contribution in [3.63, 3.8) is 0 Å². The first-order valence-corrected chi connectivity index (χ1v) is 5.51. The van der Waals surface area contributed by atoms with E-state index in [0.717, 1.165) is 0 Å². The summed E-state index contributed by atoms with van der Waals surface area (Å²) in [7, 11) is 4.05. The average Bonchev–Trinajstić information content (AvgIpc) is 2.41. The van der Waals surface area contributed by atoms with E-state index >= 15 is 0 Å². The molecule has 0 aliphatic heterocycles. The van der Waals surface area contributed by atoms with Gasteiger partial charge in [0.15, 0.2) is 12.4 Å². The number of carboxylic acid groups (broad SMARTS) is 1. The number of aromatic amines is 1. The summed E-state index contributed by atoms with van der Waals surface area (Å²) in [6, 6.07) is 12.1. The van der Waals surface area contributed by atoms with Crippen LogP contribution in [0.3, 0.4) is 0 Å². The molecule has 1 aromatic heterocycles. The molecule has 0 atom stereocenters. The number of benzene rings is 1. The van der Waals surface area contributed by atoms with Gasteiger partial charge in [-0.25, -0.2) is 4.98 Å². The Kier molecular flexibility index (Phi) is 7.56. The molecule has 0 saturated heterocycles. The van der Waals surface area contributed by atoms with Crippen LogP contribution < -0.4 is 15.0 Å². The molecule has 0 radical (unpaired) electrons. The summed E-state index contributed by atoms with van der Waals surface area (Å²) in [5.41, 5.74) is 1.44. The second kappa shape index (κ2) is 8.66. The summed E-state index contributed by atoms with van der Waals surface area (Å²) in [5, 5.41) is 10.1. The Balaban J connectivity index is 0.000000324. The molecule has 102 valence electrons. The Morgan fingerprint density at radius 3 is 1.89 bits per heavy atom. The van der Waals surface area contributed by atoms with Crippen molar-refractivity contribution in [2.24, 2.45) is 0 Å². The van der Waals surface area contributed by atoms with Crippen LogP contribution in [0.4, 0.5) is 5.69 Å². The normalized spacial score (nSPS) is 8.53. The van der Waals surface area contributed by atoms with Gasteiger partial charge in [0.2, 0.25) is 0 Å². The molecule has 1 aromatic carbocycles. The fourth-order valence-corrected chi connectivity index (χ4v) is 1.25. The van der Waals surface area contributed by atoms with Crippen molar-refractivity contribution >= 4 is 11.7 Å². The van der Waals surface area contributed by atoms with Crippen LogP contribution in [0.15, 0.2) is 54.9 Å². The predicted molar refractivity (Wildman–Crippen MR) is 71.7 cm³/mol. The first-order valence-electron chi connectivity index (χ1n) is 5.51. The SMILES string of the molecule is CN(C)c1cc[nH+]cc1.O.O=C([O-])c1ccccc1. The lowest BCUT2D eigenvalue weighted by Gasteiger charge is -2.08. The maximum Gasteiger partial charge on any atom is 0.169 e. The van der Waals surface area contributed by atoms with Crippen LogP contribution in [-0.2, 0) is 0 Å². The van der Waals surface area contributed by atoms with Crippen molar-refractivity contribution < 1.29 is 20.4 Å². The lowest BCUT2D eigenvalue weighted by molar-refractivity contribution is -0.377. The van der Waals surface area contributed by atoms with E-state index in [2.05, 4.69) is 9.88 Å². The topological polar surface area (TPSA) is 89.0 Å². The minimum atomic E-state index is -1.13. The first-order chi connectivity index (χ1) is 8.61. The molecule has 5 nitrogen and oxygen atoms in total. The number of carboxylic acids is 1. The number of aromatic nitrogens is 1. The number of anilines is 1. The Labute approximate surface area is 112 Å². The fourth-order valence-electron chi connectivity index (χ4n) is 1.25. The molecule has 2 rings (SSSR count). The van der Waals surface area contributed by atoms with Crippen molar-refractivity contribution in [2.75, 3.05) is 19.0 Å². The van der Waals surface area contributed by atoms with Crippen molar-refractivity contribution in [2.45, 2.75) is 0 Å². The van der Waals surface area contributed by atoms with Crippen molar-refractivity contribution in [3.05, 3.63) is 60.4 Å². The summed E-state index contributed by atoms with van der Waals surface area (Å²) in [4.78, 5) is 15.1. The van der Waals surface area contributed by atoms with E-state index in [4.69, 9.17) is 0 Å². The van der Waals surface area contributed by atoms with Crippen LogP contribution in [0.25, 0.3) is 0 Å². The Bertz CT molecular complexity index is 473. The highest BCUT2D eigenvalue weighted by atomic mass is 16.4. The number of pyridine rings is 1. The smallest absolute Gasteiger partial charge is 0.169 e. The molecule has 0 spiro atoms. The molecule has 0 unspecified atom stereocenters. The monoisotopic (exact) mass is 262 g/mol. The molecule has 0 aliphatic rings. The van der Waals surface area contributed by atoms with Gasteiger partial charge < -0.3 is 20.3 Å². The summed E-state index contributed by atoms with van der Waals surface area (Å²) >= 11 is 0. The molecule has 0 bridgehead atoms. The highest BCUT2D eigenvalue weighted by Crippen LogP contribution is 2.04. The number of rotatable bonds is 2. The van der Waals surface area contributed by atoms with Gasteiger partial charge in [-0.3, -0.25) is 0 Å². The highest BCUT2D eigenvalue weighted by molar-refractivity contribution is 5.85. The van der Waals surface area contributed by atoms with E-state index in [9.17, 15) is 9.90 Å². The van der Waals surface area contributed by atoms with E-state index in [1.54, 1.807) is 18.2 Å². The van der Waals surface area contributed by atoms with Gasteiger partial charge in [0.25, 0.3) is 0 Å². The molecule has 0 fully saturated rings. The van der Waals surface area contributed by atoms with E-state index in [0.29, 0.717) is 0 Å². The average molecular weight is 262 g/mol. The lowest BCUT2D eigenvalue weighted by atomic mass is 10.2. The number of carbonyl (C=O) groups excluding carboxylic acids is 1. The number of hydrogen-bond acceptors (Lipinski definition) is 3. The van der Waals surface area contributed by atoms with Crippen LogP contribution in [0.1, 0.15) is 10.4 Å². The highest BCUT2D eigenvalue weighted by Gasteiger charge is 1.91. The minimum absolute atomic E-state index is 0. The second-order valence-electron chi connectivity index (χ2n) is 3.81. The van der Waals surface area contributed by atoms with E-state index in [1.807, 2.05) is 38.6 Å². The largest absolute Gasteiger partial charge is 0.545 e. The first kappa shape index (κ1) is 16.6. The van der Waals surface area contributed by atoms with Crippen LogP contribution >= 0.6 is 0 Å². The third-order valence-electron chi connectivity index (χ3n) is 2.23. The third-order valence-corrected chi connectivity index (χ3v) is 2.23. The number of aromatic carboxylic acids is 1. The number of H-pyrrole nitrogens is 1. The standard InChI is InChI=1S/C7H10N2.C7H6O2.H2O/c1-9(2)7-3-5-8-6-4-7;8-7(9)6-4-2-1-3-5-6;/h3-6H,1-2H3;1-5H,(H,8,9);1H2. The molecular formula is C14H18N2O3. The zero-order valence-electron chi connectivity index (χ0n) is 11.0. The van der Waals surface area contributed by atoms with Gasteiger partial charge in [0, 0.05) is 31.9 Å². The molecule has 2 aromatic rings. The number of hydrogen-bond donors (Lipinski definition) is 0. The molecular weight excluding hydrogens is 244 g/mol. The van der Waals surface area contributed by atoms with Gasteiger partial charge in [-0.2, -0.15) is 0 Å². The second-order valence-corrected chi connectivity index (χ2v) is 3.81. The van der Waals surface area contributed by atoms with Gasteiger partial charge in [0.05, 0.1) is 5.97 Å². The van der Waals surface area contributed by atoms with Crippen molar-refractivity contribution in [1.29, 1.82) is 0 Å². The Morgan fingerprint density at radius 1 is 1.05 bits per heavy atom. The van der Waals surface area contributed by atoms with E-state index < -0.39 is 5.97 Å². The van der Waals surface area contributed by atoms with Crippen LogP contribution in [0, 0.1) is 0 Å². The summed E-state index contributed by atoms with van der Waals surface area (Å²) in [6.07, 6.45) is 3.82. The predicted octanol–water partition coefficient (Wildman–Crippen LogP) is -0.208. The number of nitrogens with zero attached hydrogens (tertiary/aromatic N) is 1. The summed E-state index contributed by atoms with van der Waals surface area (Å²) < 4.78 is 0. The number of nitrogens with one attached hydrogen (secondary N) is 1. The maximum atomic E-state index is 10.1. The van der Waals surface area contributed by atoms with Gasteiger partial charge in [-0.05, 0) is 5.56 Å². The molecule has 5 heteroatoms. The molecule has 19 heavy (non-hydrogen) atoms. The molecule has 0 aliphatic carbocycles. The number of carbonyl (C=O) groups is 1.